The molecule has 0 aliphatic heterocycles. The second-order valence-electron chi connectivity index (χ2n) is 4.94. The molecule has 0 atom stereocenters. The molecule has 0 saturated heterocycles. The van der Waals surface area contributed by atoms with Crippen molar-refractivity contribution < 1.29 is 14.8 Å². The Morgan fingerprint density at radius 3 is 2.30 bits per heavy atom. The monoisotopic (exact) mass is 308 g/mol. The van der Waals surface area contributed by atoms with E-state index in [2.05, 4.69) is 5.32 Å². The van der Waals surface area contributed by atoms with E-state index in [9.17, 15) is 20.0 Å². The van der Waals surface area contributed by atoms with Crippen LogP contribution in [0.25, 0.3) is 10.8 Å². The molecule has 0 radical (unpaired) electrons. The summed E-state index contributed by atoms with van der Waals surface area (Å²) in [5.41, 5.74) is 0.797. The van der Waals surface area contributed by atoms with Crippen LogP contribution in [0.3, 0.4) is 0 Å². The lowest BCUT2D eigenvalue weighted by atomic mass is 10.1. The number of carbonyl (C=O) groups excluding carboxylic acids is 1. The maximum atomic E-state index is 12.3. The van der Waals surface area contributed by atoms with Gasteiger partial charge in [0.15, 0.2) is 0 Å². The highest BCUT2D eigenvalue weighted by molar-refractivity contribution is 6.09. The van der Waals surface area contributed by atoms with Gasteiger partial charge in [0.2, 0.25) is 0 Å². The maximum Gasteiger partial charge on any atom is 0.269 e. The van der Waals surface area contributed by atoms with Crippen molar-refractivity contribution in [3.05, 3.63) is 76.3 Å². The topological polar surface area (TPSA) is 92.5 Å². The van der Waals surface area contributed by atoms with Crippen molar-refractivity contribution in [2.75, 3.05) is 5.32 Å². The maximum absolute atomic E-state index is 12.3. The summed E-state index contributed by atoms with van der Waals surface area (Å²) in [6, 6.07) is 15.6. The number of nitrogens with zero attached hydrogens (tertiary/aromatic N) is 1. The number of anilines is 1. The minimum atomic E-state index is -0.519. The van der Waals surface area contributed by atoms with Gasteiger partial charge in [-0.2, -0.15) is 0 Å². The average Bonchev–Trinajstić information content (AvgIpc) is 2.56. The molecule has 114 valence electrons. The number of phenolic OH excluding ortho intramolecular Hbond substituents is 1. The fourth-order valence-electron chi connectivity index (χ4n) is 2.33. The van der Waals surface area contributed by atoms with Gasteiger partial charge in [0, 0.05) is 34.2 Å². The van der Waals surface area contributed by atoms with E-state index in [4.69, 9.17) is 0 Å². The van der Waals surface area contributed by atoms with Crippen molar-refractivity contribution in [1.82, 2.24) is 0 Å². The smallest absolute Gasteiger partial charge is 0.269 e. The van der Waals surface area contributed by atoms with Crippen LogP contribution in [0, 0.1) is 10.1 Å². The first-order chi connectivity index (χ1) is 11.1. The minimum absolute atomic E-state index is 0.0726. The molecule has 0 aliphatic rings. The third-order valence-electron chi connectivity index (χ3n) is 3.49. The SMILES string of the molecule is O=C(Nc1cccc2c(O)cccc12)c1ccc([N+](=O)[O-])cc1. The van der Waals surface area contributed by atoms with Gasteiger partial charge in [-0.15, -0.1) is 0 Å². The molecule has 0 aliphatic carbocycles. The highest BCUT2D eigenvalue weighted by Gasteiger charge is 2.11. The summed E-state index contributed by atoms with van der Waals surface area (Å²) in [5, 5.41) is 24.6. The highest BCUT2D eigenvalue weighted by Crippen LogP contribution is 2.30. The third kappa shape index (κ3) is 2.82. The van der Waals surface area contributed by atoms with Crippen molar-refractivity contribution in [3.8, 4) is 5.75 Å². The number of nitro benzene ring substituents is 1. The van der Waals surface area contributed by atoms with Crippen LogP contribution < -0.4 is 5.32 Å². The summed E-state index contributed by atoms with van der Waals surface area (Å²) in [6.07, 6.45) is 0. The van der Waals surface area contributed by atoms with Crippen molar-refractivity contribution >= 4 is 28.1 Å². The van der Waals surface area contributed by atoms with Gasteiger partial charge in [-0.25, -0.2) is 0 Å². The summed E-state index contributed by atoms with van der Waals surface area (Å²) < 4.78 is 0. The van der Waals surface area contributed by atoms with E-state index >= 15 is 0 Å². The molecule has 23 heavy (non-hydrogen) atoms. The first-order valence-corrected chi connectivity index (χ1v) is 6.83. The Morgan fingerprint density at radius 2 is 1.61 bits per heavy atom. The number of aromatic hydroxyl groups is 1. The summed E-state index contributed by atoms with van der Waals surface area (Å²) in [7, 11) is 0. The van der Waals surface area contributed by atoms with Crippen molar-refractivity contribution in [2.24, 2.45) is 0 Å². The Morgan fingerprint density at radius 1 is 0.957 bits per heavy atom. The number of hydrogen-bond acceptors (Lipinski definition) is 4. The molecule has 3 aromatic rings. The summed E-state index contributed by atoms with van der Waals surface area (Å²) in [6.45, 7) is 0. The molecule has 3 aromatic carbocycles. The molecule has 6 nitrogen and oxygen atoms in total. The predicted octanol–water partition coefficient (Wildman–Crippen LogP) is 3.71. The zero-order chi connectivity index (χ0) is 16.4. The number of amides is 1. The molecule has 1 amide bonds. The second-order valence-corrected chi connectivity index (χ2v) is 4.94. The lowest BCUT2D eigenvalue weighted by Crippen LogP contribution is -2.12. The van der Waals surface area contributed by atoms with Gasteiger partial charge < -0.3 is 10.4 Å². The van der Waals surface area contributed by atoms with Crippen molar-refractivity contribution in [1.29, 1.82) is 0 Å². The van der Waals surface area contributed by atoms with Gasteiger partial charge >= 0.3 is 0 Å². The Labute approximate surface area is 131 Å². The normalized spacial score (nSPS) is 10.4. The molecular formula is C17H12N2O4. The fraction of sp³-hybridized carbons (Fsp3) is 0. The number of hydrogen-bond donors (Lipinski definition) is 2. The van der Waals surface area contributed by atoms with Crippen LogP contribution in [0.5, 0.6) is 5.75 Å². The molecule has 0 fully saturated rings. The van der Waals surface area contributed by atoms with Gasteiger partial charge in [0.25, 0.3) is 11.6 Å². The van der Waals surface area contributed by atoms with Crippen LogP contribution >= 0.6 is 0 Å². The van der Waals surface area contributed by atoms with Crippen LogP contribution in [0.4, 0.5) is 11.4 Å². The first kappa shape index (κ1) is 14.5. The summed E-state index contributed by atoms with van der Waals surface area (Å²) >= 11 is 0. The molecule has 3 rings (SSSR count). The highest BCUT2D eigenvalue weighted by atomic mass is 16.6. The molecule has 0 heterocycles. The zero-order valence-electron chi connectivity index (χ0n) is 11.9. The van der Waals surface area contributed by atoms with Crippen LogP contribution in [-0.2, 0) is 0 Å². The molecule has 0 unspecified atom stereocenters. The number of non-ortho nitro benzene ring substituents is 1. The van der Waals surface area contributed by atoms with E-state index in [0.29, 0.717) is 22.0 Å². The molecule has 0 bridgehead atoms. The van der Waals surface area contributed by atoms with Gasteiger partial charge in [0.05, 0.1) is 4.92 Å². The number of fused-ring (bicyclic) bond motifs is 1. The number of benzene rings is 3. The first-order valence-electron chi connectivity index (χ1n) is 6.83. The van der Waals surface area contributed by atoms with E-state index < -0.39 is 4.92 Å². The zero-order valence-corrected chi connectivity index (χ0v) is 11.9. The second kappa shape index (κ2) is 5.76. The Balaban J connectivity index is 1.91. The average molecular weight is 308 g/mol. The van der Waals surface area contributed by atoms with Crippen LogP contribution in [0.1, 0.15) is 10.4 Å². The van der Waals surface area contributed by atoms with E-state index in [1.807, 2.05) is 0 Å². The molecule has 2 N–H and O–H groups in total. The van der Waals surface area contributed by atoms with E-state index in [-0.39, 0.29) is 17.3 Å². The number of nitrogens with one attached hydrogen (secondary N) is 1. The van der Waals surface area contributed by atoms with E-state index in [1.54, 1.807) is 36.4 Å². The molecular weight excluding hydrogens is 296 g/mol. The Bertz CT molecular complexity index is 904. The van der Waals surface area contributed by atoms with E-state index in [1.165, 1.54) is 24.3 Å². The van der Waals surface area contributed by atoms with Crippen LogP contribution in [0.15, 0.2) is 60.7 Å². The number of phenols is 1. The largest absolute Gasteiger partial charge is 0.507 e. The molecule has 6 heteroatoms. The van der Waals surface area contributed by atoms with Gasteiger partial charge in [0.1, 0.15) is 5.75 Å². The summed E-state index contributed by atoms with van der Waals surface area (Å²) in [5.74, 6) is -0.246. The van der Waals surface area contributed by atoms with Gasteiger partial charge in [-0.05, 0) is 24.3 Å². The molecule has 0 aromatic heterocycles. The fourth-order valence-corrected chi connectivity index (χ4v) is 2.33. The summed E-state index contributed by atoms with van der Waals surface area (Å²) in [4.78, 5) is 22.4. The third-order valence-corrected chi connectivity index (χ3v) is 3.49. The standard InChI is InChI=1S/C17H12N2O4/c20-16-6-2-3-13-14(16)4-1-5-15(13)18-17(21)11-7-9-12(10-8-11)19(22)23/h1-10,20H,(H,18,21). The van der Waals surface area contributed by atoms with Gasteiger partial charge in [-0.1, -0.05) is 24.3 Å². The lowest BCUT2D eigenvalue weighted by molar-refractivity contribution is -0.384. The van der Waals surface area contributed by atoms with E-state index in [0.717, 1.165) is 0 Å². The van der Waals surface area contributed by atoms with Crippen LogP contribution in [-0.4, -0.2) is 15.9 Å². The minimum Gasteiger partial charge on any atom is -0.507 e. The molecule has 0 saturated carbocycles. The Hall–Kier alpha value is -3.41. The quantitative estimate of drug-likeness (QED) is 0.570. The van der Waals surface area contributed by atoms with Crippen LogP contribution in [0.2, 0.25) is 0 Å². The number of nitro groups is 1. The molecule has 0 spiro atoms. The van der Waals surface area contributed by atoms with Crippen molar-refractivity contribution in [3.63, 3.8) is 0 Å². The van der Waals surface area contributed by atoms with Gasteiger partial charge in [-0.3, -0.25) is 14.9 Å². The number of rotatable bonds is 3. The lowest BCUT2D eigenvalue weighted by Gasteiger charge is -2.09. The van der Waals surface area contributed by atoms with Crippen molar-refractivity contribution in [2.45, 2.75) is 0 Å². The predicted molar refractivity (Wildman–Crippen MR) is 86.7 cm³/mol. The number of carbonyl (C=O) groups is 1. The Kier molecular flexibility index (Phi) is 3.64.